The van der Waals surface area contributed by atoms with E-state index in [1.165, 1.54) is 0 Å². The third-order valence-electron chi connectivity index (χ3n) is 6.24. The van der Waals surface area contributed by atoms with Crippen LogP contribution in [0.15, 0.2) is 54.9 Å². The van der Waals surface area contributed by atoms with Crippen LogP contribution in [-0.4, -0.2) is 82.2 Å². The van der Waals surface area contributed by atoms with Gasteiger partial charge in [0.1, 0.15) is 12.1 Å². The smallest absolute Gasteiger partial charge is 0.253 e. The predicted molar refractivity (Wildman–Crippen MR) is 120 cm³/mol. The molecule has 2 unspecified atom stereocenters. The number of hydrogen-bond donors (Lipinski definition) is 1. The quantitative estimate of drug-likeness (QED) is 0.677. The Morgan fingerprint density at radius 1 is 0.968 bits per heavy atom. The van der Waals surface area contributed by atoms with Crippen molar-refractivity contribution in [3.63, 3.8) is 0 Å². The molecule has 0 spiro atoms. The summed E-state index contributed by atoms with van der Waals surface area (Å²) in [6.07, 6.45) is 1.06. The topological polar surface area (TPSA) is 72.8 Å². The highest BCUT2D eigenvalue weighted by Gasteiger charge is 2.39. The van der Waals surface area contributed by atoms with Crippen molar-refractivity contribution in [1.82, 2.24) is 19.8 Å². The monoisotopic (exact) mass is 437 g/mol. The first kappa shape index (κ1) is 20.2. The molecule has 2 atom stereocenters. The SMILES string of the molecule is O=C(c1ccc(Cl)cc1)N1CC(O)C(N2CCN(c3ncnc4ccccc34)CC2)C1. The summed E-state index contributed by atoms with van der Waals surface area (Å²) in [6, 6.07) is 14.9. The molecule has 7 nitrogen and oxygen atoms in total. The van der Waals surface area contributed by atoms with Crippen LogP contribution in [0.1, 0.15) is 10.4 Å². The minimum absolute atomic E-state index is 0.0551. The number of hydrogen-bond acceptors (Lipinski definition) is 6. The van der Waals surface area contributed by atoms with Crippen molar-refractivity contribution in [1.29, 1.82) is 0 Å². The second-order valence-electron chi connectivity index (χ2n) is 8.09. The Kier molecular flexibility index (Phi) is 5.48. The van der Waals surface area contributed by atoms with Gasteiger partial charge in [-0.25, -0.2) is 9.97 Å². The van der Waals surface area contributed by atoms with E-state index < -0.39 is 6.10 Å². The number of aromatic nitrogens is 2. The number of piperazine rings is 1. The van der Waals surface area contributed by atoms with Gasteiger partial charge in [-0.1, -0.05) is 23.7 Å². The number of likely N-dealkylation sites (tertiary alicyclic amines) is 1. The zero-order chi connectivity index (χ0) is 21.4. The lowest BCUT2D eigenvalue weighted by molar-refractivity contribution is 0.0754. The molecule has 31 heavy (non-hydrogen) atoms. The number of anilines is 1. The van der Waals surface area contributed by atoms with Crippen molar-refractivity contribution >= 4 is 34.2 Å². The molecule has 0 saturated carbocycles. The van der Waals surface area contributed by atoms with Crippen molar-refractivity contribution in [3.05, 3.63) is 65.4 Å². The molecule has 5 rings (SSSR count). The van der Waals surface area contributed by atoms with E-state index >= 15 is 0 Å². The Labute approximate surface area is 185 Å². The molecule has 2 aliphatic rings. The average molecular weight is 438 g/mol. The van der Waals surface area contributed by atoms with Crippen LogP contribution in [0.25, 0.3) is 10.9 Å². The number of para-hydroxylation sites is 1. The Bertz CT molecular complexity index is 1080. The molecule has 1 N–H and O–H groups in total. The summed E-state index contributed by atoms with van der Waals surface area (Å²) in [4.78, 5) is 28.0. The van der Waals surface area contributed by atoms with Crippen molar-refractivity contribution in [2.24, 2.45) is 0 Å². The van der Waals surface area contributed by atoms with Crippen LogP contribution >= 0.6 is 11.6 Å². The fourth-order valence-electron chi connectivity index (χ4n) is 4.58. The number of rotatable bonds is 3. The Morgan fingerprint density at radius 3 is 2.48 bits per heavy atom. The van der Waals surface area contributed by atoms with Gasteiger partial charge >= 0.3 is 0 Å². The molecule has 8 heteroatoms. The molecule has 1 amide bonds. The first-order valence-electron chi connectivity index (χ1n) is 10.5. The second kappa shape index (κ2) is 8.42. The third-order valence-corrected chi connectivity index (χ3v) is 6.49. The standard InChI is InChI=1S/C23H24ClN5O2/c24-17-7-5-16(6-8-17)23(31)29-13-20(21(30)14-29)27-9-11-28(12-10-27)22-18-3-1-2-4-19(18)25-15-26-22/h1-8,15,20-21,30H,9-14H2. The largest absolute Gasteiger partial charge is 0.390 e. The number of aliphatic hydroxyl groups excluding tert-OH is 1. The lowest BCUT2D eigenvalue weighted by Gasteiger charge is -2.39. The normalized spacial score (nSPS) is 22.3. The third kappa shape index (κ3) is 3.96. The molecular weight excluding hydrogens is 414 g/mol. The number of fused-ring (bicyclic) bond motifs is 1. The number of amides is 1. The van der Waals surface area contributed by atoms with E-state index in [-0.39, 0.29) is 11.9 Å². The maximum Gasteiger partial charge on any atom is 0.253 e. The first-order chi connectivity index (χ1) is 15.1. The van der Waals surface area contributed by atoms with Crippen LogP contribution in [0.4, 0.5) is 5.82 Å². The lowest BCUT2D eigenvalue weighted by atomic mass is 10.1. The molecule has 1 aromatic heterocycles. The number of nitrogens with zero attached hydrogens (tertiary/aromatic N) is 5. The van der Waals surface area contributed by atoms with Gasteiger partial charge in [-0.15, -0.1) is 0 Å². The summed E-state index contributed by atoms with van der Waals surface area (Å²) in [5.74, 6) is 0.890. The van der Waals surface area contributed by atoms with Gasteiger partial charge in [-0.05, 0) is 36.4 Å². The van der Waals surface area contributed by atoms with Crippen molar-refractivity contribution in [2.75, 3.05) is 44.2 Å². The summed E-state index contributed by atoms with van der Waals surface area (Å²) in [5, 5.41) is 12.3. The minimum Gasteiger partial charge on any atom is -0.390 e. The van der Waals surface area contributed by atoms with Crippen LogP contribution in [0.5, 0.6) is 0 Å². The van der Waals surface area contributed by atoms with Gasteiger partial charge < -0.3 is 14.9 Å². The molecule has 3 heterocycles. The van der Waals surface area contributed by atoms with Gasteiger partial charge in [0, 0.05) is 55.2 Å². The van der Waals surface area contributed by atoms with Crippen molar-refractivity contribution in [2.45, 2.75) is 12.1 Å². The molecular formula is C23H24ClN5O2. The van der Waals surface area contributed by atoms with Crippen LogP contribution in [-0.2, 0) is 0 Å². The number of carbonyl (C=O) groups excluding carboxylic acids is 1. The molecule has 160 valence electrons. The van der Waals surface area contributed by atoms with Gasteiger partial charge in [0.05, 0.1) is 17.7 Å². The fraction of sp³-hybridized carbons (Fsp3) is 0.348. The molecule has 0 radical (unpaired) electrons. The zero-order valence-corrected chi connectivity index (χ0v) is 17.8. The summed E-state index contributed by atoms with van der Waals surface area (Å²) in [7, 11) is 0. The minimum atomic E-state index is -0.553. The Morgan fingerprint density at radius 2 is 1.71 bits per heavy atom. The lowest BCUT2D eigenvalue weighted by Crippen LogP contribution is -2.54. The van der Waals surface area contributed by atoms with E-state index in [9.17, 15) is 9.90 Å². The van der Waals surface area contributed by atoms with Crippen LogP contribution in [0.3, 0.4) is 0 Å². The number of β-amino-alcohol motifs (C(OH)–C–C–N with tert-alkyl or cyclic N) is 1. The highest BCUT2D eigenvalue weighted by atomic mass is 35.5. The maximum absolute atomic E-state index is 12.8. The summed E-state index contributed by atoms with van der Waals surface area (Å²) in [5.41, 5.74) is 1.54. The highest BCUT2D eigenvalue weighted by molar-refractivity contribution is 6.30. The summed E-state index contributed by atoms with van der Waals surface area (Å²) >= 11 is 5.93. The number of benzene rings is 2. The van der Waals surface area contributed by atoms with Crippen LogP contribution in [0.2, 0.25) is 5.02 Å². The molecule has 2 saturated heterocycles. The summed E-state index contributed by atoms with van der Waals surface area (Å²) < 4.78 is 0. The van der Waals surface area contributed by atoms with E-state index in [4.69, 9.17) is 11.6 Å². The first-order valence-corrected chi connectivity index (χ1v) is 10.9. The number of halogens is 1. The number of aliphatic hydroxyl groups is 1. The van der Waals surface area contributed by atoms with Gasteiger partial charge in [0.15, 0.2) is 0 Å². The van der Waals surface area contributed by atoms with Crippen molar-refractivity contribution in [3.8, 4) is 0 Å². The average Bonchev–Trinajstić information content (AvgIpc) is 3.20. The van der Waals surface area contributed by atoms with E-state index in [1.807, 2.05) is 18.2 Å². The fourth-order valence-corrected chi connectivity index (χ4v) is 4.70. The van der Waals surface area contributed by atoms with E-state index in [0.717, 1.165) is 42.9 Å². The maximum atomic E-state index is 12.8. The highest BCUT2D eigenvalue weighted by Crippen LogP contribution is 2.26. The molecule has 2 aliphatic heterocycles. The van der Waals surface area contributed by atoms with Gasteiger partial charge in [-0.2, -0.15) is 0 Å². The van der Waals surface area contributed by atoms with E-state index in [1.54, 1.807) is 35.5 Å². The molecule has 2 fully saturated rings. The Hall–Kier alpha value is -2.74. The van der Waals surface area contributed by atoms with Gasteiger partial charge in [0.2, 0.25) is 0 Å². The predicted octanol–water partition coefficient (Wildman–Crippen LogP) is 2.29. The molecule has 0 aliphatic carbocycles. The second-order valence-corrected chi connectivity index (χ2v) is 8.53. The molecule has 3 aromatic rings. The van der Waals surface area contributed by atoms with E-state index in [0.29, 0.717) is 23.7 Å². The van der Waals surface area contributed by atoms with Gasteiger partial charge in [0.25, 0.3) is 5.91 Å². The van der Waals surface area contributed by atoms with Crippen LogP contribution < -0.4 is 4.90 Å². The molecule has 0 bridgehead atoms. The van der Waals surface area contributed by atoms with Crippen LogP contribution in [0, 0.1) is 0 Å². The Balaban J connectivity index is 1.24. The number of carbonyl (C=O) groups is 1. The molecule has 2 aromatic carbocycles. The van der Waals surface area contributed by atoms with E-state index in [2.05, 4.69) is 25.8 Å². The summed E-state index contributed by atoms with van der Waals surface area (Å²) in [6.45, 7) is 4.12. The van der Waals surface area contributed by atoms with Crippen molar-refractivity contribution < 1.29 is 9.90 Å². The van der Waals surface area contributed by atoms with Gasteiger partial charge in [-0.3, -0.25) is 9.69 Å². The zero-order valence-electron chi connectivity index (χ0n) is 17.1.